The van der Waals surface area contributed by atoms with Gasteiger partial charge in [0.15, 0.2) is 5.11 Å². The summed E-state index contributed by atoms with van der Waals surface area (Å²) >= 11 is 5.03. The van der Waals surface area contributed by atoms with Crippen LogP contribution in [0.1, 0.15) is 19.0 Å². The lowest BCUT2D eigenvalue weighted by molar-refractivity contribution is -0.219. The summed E-state index contributed by atoms with van der Waals surface area (Å²) in [5.41, 5.74) is -0.602. The van der Waals surface area contributed by atoms with Crippen LogP contribution in [0.2, 0.25) is 0 Å². The average Bonchev–Trinajstić information content (AvgIpc) is 2.96. The van der Waals surface area contributed by atoms with Gasteiger partial charge < -0.3 is 15.5 Å². The normalized spacial score (nSPS) is 11.9. The summed E-state index contributed by atoms with van der Waals surface area (Å²) in [6.07, 6.45) is 1.58. The predicted octanol–water partition coefficient (Wildman–Crippen LogP) is 0.877. The van der Waals surface area contributed by atoms with Gasteiger partial charge in [-0.25, -0.2) is 13.8 Å². The predicted molar refractivity (Wildman–Crippen MR) is 69.1 cm³/mol. The maximum atomic E-state index is 12.6. The number of nitrogens with zero attached hydrogens (tertiary/aromatic N) is 4. The molecule has 0 aromatic carbocycles. The second-order valence-corrected chi connectivity index (χ2v) is 4.42. The highest BCUT2D eigenvalue weighted by Gasteiger charge is 2.26. The molecule has 0 unspecified atom stereocenters. The molecular weight excluding hydrogens is 292 g/mol. The van der Waals surface area contributed by atoms with E-state index in [0.29, 0.717) is 4.68 Å². The third-order valence-corrected chi connectivity index (χ3v) is 2.64. The molecule has 0 aliphatic rings. The molecule has 2 heterocycles. The van der Waals surface area contributed by atoms with E-state index in [1.165, 1.54) is 17.1 Å². The SMILES string of the molecule is CC(O)(O)n1nc(C(F)F)cc1NC(=S)n1ccnc1. The van der Waals surface area contributed by atoms with Gasteiger partial charge in [0, 0.05) is 25.4 Å². The molecule has 0 saturated carbocycles. The summed E-state index contributed by atoms with van der Waals surface area (Å²) in [7, 11) is 0. The Morgan fingerprint density at radius 2 is 2.20 bits per heavy atom. The zero-order valence-corrected chi connectivity index (χ0v) is 11.1. The number of anilines is 1. The van der Waals surface area contributed by atoms with Gasteiger partial charge in [0.05, 0.1) is 0 Å². The van der Waals surface area contributed by atoms with Crippen molar-refractivity contribution < 1.29 is 19.0 Å². The molecule has 2 rings (SSSR count). The number of aromatic nitrogens is 4. The Bertz CT molecular complexity index is 606. The highest BCUT2D eigenvalue weighted by atomic mass is 32.1. The van der Waals surface area contributed by atoms with E-state index in [0.717, 1.165) is 13.0 Å². The monoisotopic (exact) mass is 303 g/mol. The summed E-state index contributed by atoms with van der Waals surface area (Å²) < 4.78 is 27.3. The van der Waals surface area contributed by atoms with Crippen molar-refractivity contribution in [3.05, 3.63) is 30.5 Å². The fourth-order valence-corrected chi connectivity index (χ4v) is 1.68. The molecule has 20 heavy (non-hydrogen) atoms. The van der Waals surface area contributed by atoms with Gasteiger partial charge in [-0.1, -0.05) is 0 Å². The minimum Gasteiger partial charge on any atom is -0.348 e. The number of alkyl halides is 2. The standard InChI is InChI=1S/C10H11F2N5O2S/c1-10(18,19)17-7(4-6(15-17)8(11)12)14-9(20)16-3-2-13-5-16/h2-5,8,18-19H,1H3,(H,14,20). The Hall–Kier alpha value is -1.91. The lowest BCUT2D eigenvalue weighted by atomic mass is 10.4. The molecule has 10 heteroatoms. The summed E-state index contributed by atoms with van der Waals surface area (Å²) in [6, 6.07) is 0.985. The summed E-state index contributed by atoms with van der Waals surface area (Å²) in [5, 5.41) is 25.2. The van der Waals surface area contributed by atoms with Gasteiger partial charge >= 0.3 is 0 Å². The molecule has 0 fully saturated rings. The molecule has 3 N–H and O–H groups in total. The molecule has 2 aromatic rings. The van der Waals surface area contributed by atoms with Gasteiger partial charge in [0.25, 0.3) is 12.3 Å². The minimum atomic E-state index is -2.85. The Morgan fingerprint density at radius 3 is 2.70 bits per heavy atom. The smallest absolute Gasteiger partial charge is 0.282 e. The average molecular weight is 303 g/mol. The second kappa shape index (κ2) is 5.23. The van der Waals surface area contributed by atoms with Crippen LogP contribution >= 0.6 is 12.2 Å². The Balaban J connectivity index is 2.33. The van der Waals surface area contributed by atoms with Crippen LogP contribution in [0.15, 0.2) is 24.8 Å². The van der Waals surface area contributed by atoms with Crippen molar-refractivity contribution in [2.45, 2.75) is 19.3 Å². The lowest BCUT2D eigenvalue weighted by Crippen LogP contribution is -2.32. The van der Waals surface area contributed by atoms with E-state index < -0.39 is 18.0 Å². The van der Waals surface area contributed by atoms with Crippen molar-refractivity contribution in [2.24, 2.45) is 0 Å². The molecule has 108 valence electrons. The van der Waals surface area contributed by atoms with E-state index in [1.54, 1.807) is 6.20 Å². The number of rotatable bonds is 3. The van der Waals surface area contributed by atoms with Crippen LogP contribution < -0.4 is 5.32 Å². The van der Waals surface area contributed by atoms with Gasteiger partial charge in [0.2, 0.25) is 0 Å². The first kappa shape index (κ1) is 14.5. The molecular formula is C10H11F2N5O2S. The molecule has 0 aliphatic carbocycles. The number of thiocarbonyl (C=S) groups is 1. The summed E-state index contributed by atoms with van der Waals surface area (Å²) in [5.74, 6) is -2.52. The topological polar surface area (TPSA) is 88.1 Å². The highest BCUT2D eigenvalue weighted by molar-refractivity contribution is 7.80. The van der Waals surface area contributed by atoms with Gasteiger partial charge in [-0.2, -0.15) is 9.78 Å². The van der Waals surface area contributed by atoms with Crippen LogP contribution in [-0.2, 0) is 5.91 Å². The molecule has 0 bridgehead atoms. The van der Waals surface area contributed by atoms with Crippen LogP contribution in [0, 0.1) is 0 Å². The fraction of sp³-hybridized carbons (Fsp3) is 0.300. The molecule has 0 spiro atoms. The van der Waals surface area contributed by atoms with E-state index in [4.69, 9.17) is 12.2 Å². The zero-order chi connectivity index (χ0) is 14.9. The van der Waals surface area contributed by atoms with Gasteiger partial charge in [0.1, 0.15) is 17.8 Å². The first-order valence-electron chi connectivity index (χ1n) is 5.41. The number of nitrogens with one attached hydrogen (secondary N) is 1. The number of imidazole rings is 1. The molecule has 0 saturated heterocycles. The molecule has 0 radical (unpaired) electrons. The maximum absolute atomic E-state index is 12.6. The molecule has 0 atom stereocenters. The van der Waals surface area contributed by atoms with Crippen LogP contribution in [0.4, 0.5) is 14.6 Å². The minimum absolute atomic E-state index is 0.0773. The van der Waals surface area contributed by atoms with E-state index in [9.17, 15) is 19.0 Å². The first-order chi connectivity index (χ1) is 9.29. The zero-order valence-electron chi connectivity index (χ0n) is 10.2. The molecule has 2 aromatic heterocycles. The second-order valence-electron chi connectivity index (χ2n) is 4.04. The van der Waals surface area contributed by atoms with Crippen molar-refractivity contribution in [2.75, 3.05) is 5.32 Å². The molecule has 0 amide bonds. The van der Waals surface area contributed by atoms with E-state index in [1.807, 2.05) is 0 Å². The maximum Gasteiger partial charge on any atom is 0.282 e. The third-order valence-electron chi connectivity index (χ3n) is 2.33. The van der Waals surface area contributed by atoms with Crippen LogP contribution in [0.3, 0.4) is 0 Å². The quantitative estimate of drug-likeness (QED) is 0.576. The number of hydrogen-bond donors (Lipinski definition) is 3. The largest absolute Gasteiger partial charge is 0.348 e. The van der Waals surface area contributed by atoms with Gasteiger partial charge in [-0.3, -0.25) is 4.57 Å². The Kier molecular flexibility index (Phi) is 3.79. The van der Waals surface area contributed by atoms with E-state index in [-0.39, 0.29) is 10.9 Å². The highest BCUT2D eigenvalue weighted by Crippen LogP contribution is 2.24. The van der Waals surface area contributed by atoms with Gasteiger partial charge in [-0.15, -0.1) is 0 Å². The Morgan fingerprint density at radius 1 is 1.50 bits per heavy atom. The lowest BCUT2D eigenvalue weighted by Gasteiger charge is -2.19. The van der Waals surface area contributed by atoms with Crippen molar-refractivity contribution in [1.29, 1.82) is 0 Å². The molecule has 7 nitrogen and oxygen atoms in total. The van der Waals surface area contributed by atoms with Crippen LogP contribution in [0.25, 0.3) is 0 Å². The molecule has 0 aliphatic heterocycles. The van der Waals surface area contributed by atoms with E-state index >= 15 is 0 Å². The fourth-order valence-electron chi connectivity index (χ4n) is 1.47. The Labute approximate surface area is 117 Å². The van der Waals surface area contributed by atoms with E-state index in [2.05, 4.69) is 15.4 Å². The van der Waals surface area contributed by atoms with Crippen LogP contribution in [-0.4, -0.2) is 34.7 Å². The first-order valence-corrected chi connectivity index (χ1v) is 5.82. The summed E-state index contributed by atoms with van der Waals surface area (Å²) in [4.78, 5) is 3.78. The summed E-state index contributed by atoms with van der Waals surface area (Å²) in [6.45, 7) is 0.987. The van der Waals surface area contributed by atoms with Crippen molar-refractivity contribution in [3.63, 3.8) is 0 Å². The number of hydrogen-bond acceptors (Lipinski definition) is 5. The van der Waals surface area contributed by atoms with Gasteiger partial charge in [-0.05, 0) is 12.2 Å². The van der Waals surface area contributed by atoms with Crippen LogP contribution in [0.5, 0.6) is 0 Å². The van der Waals surface area contributed by atoms with Crippen molar-refractivity contribution in [1.82, 2.24) is 19.3 Å². The number of aliphatic hydroxyl groups is 2. The third kappa shape index (κ3) is 2.98. The van der Waals surface area contributed by atoms with Crippen molar-refractivity contribution in [3.8, 4) is 0 Å². The number of halogens is 2. The van der Waals surface area contributed by atoms with Crippen molar-refractivity contribution >= 4 is 23.1 Å².